The fourth-order valence-electron chi connectivity index (χ4n) is 1.78. The third-order valence-corrected chi connectivity index (χ3v) is 2.50. The lowest BCUT2D eigenvalue weighted by atomic mass is 10.1. The molecule has 1 atom stereocenters. The maximum atomic E-state index is 9.92. The molecule has 1 saturated heterocycles. The monoisotopic (exact) mass is 186 g/mol. The molecular formula is C10H22N2O. The number of nitrogens with zero attached hydrogens (tertiary/aromatic N) is 1. The van der Waals surface area contributed by atoms with E-state index in [9.17, 15) is 5.11 Å². The molecule has 1 aliphatic rings. The summed E-state index contributed by atoms with van der Waals surface area (Å²) in [7, 11) is 0. The largest absolute Gasteiger partial charge is 0.388 e. The Kier molecular flexibility index (Phi) is 4.16. The van der Waals surface area contributed by atoms with Crippen molar-refractivity contribution in [2.45, 2.75) is 32.3 Å². The number of nitrogens with one attached hydrogen (secondary N) is 1. The van der Waals surface area contributed by atoms with Gasteiger partial charge in [-0.15, -0.1) is 0 Å². The first-order valence-corrected chi connectivity index (χ1v) is 5.29. The average molecular weight is 186 g/mol. The van der Waals surface area contributed by atoms with Gasteiger partial charge in [0.15, 0.2) is 0 Å². The van der Waals surface area contributed by atoms with Gasteiger partial charge < -0.3 is 10.4 Å². The van der Waals surface area contributed by atoms with Crippen molar-refractivity contribution in [2.24, 2.45) is 0 Å². The van der Waals surface area contributed by atoms with E-state index < -0.39 is 5.60 Å². The van der Waals surface area contributed by atoms with Crippen LogP contribution in [-0.4, -0.2) is 48.3 Å². The van der Waals surface area contributed by atoms with Crippen molar-refractivity contribution in [3.63, 3.8) is 0 Å². The summed E-state index contributed by atoms with van der Waals surface area (Å²) in [4.78, 5) is 2.35. The van der Waals surface area contributed by atoms with E-state index in [1.165, 1.54) is 12.8 Å². The van der Waals surface area contributed by atoms with Gasteiger partial charge in [-0.25, -0.2) is 0 Å². The van der Waals surface area contributed by atoms with Crippen LogP contribution in [0.5, 0.6) is 0 Å². The second-order valence-corrected chi connectivity index (χ2v) is 4.30. The summed E-state index contributed by atoms with van der Waals surface area (Å²) in [5.41, 5.74) is -0.551. The summed E-state index contributed by atoms with van der Waals surface area (Å²) in [5.74, 6) is 0. The second-order valence-electron chi connectivity index (χ2n) is 4.30. The first-order valence-electron chi connectivity index (χ1n) is 5.29. The molecule has 3 nitrogen and oxygen atoms in total. The minimum atomic E-state index is -0.551. The van der Waals surface area contributed by atoms with Crippen molar-refractivity contribution in [3.05, 3.63) is 0 Å². The van der Waals surface area contributed by atoms with Crippen molar-refractivity contribution >= 4 is 0 Å². The predicted molar refractivity (Wildman–Crippen MR) is 54.8 cm³/mol. The van der Waals surface area contributed by atoms with Gasteiger partial charge in [-0.05, 0) is 19.9 Å². The smallest absolute Gasteiger partial charge is 0.0869 e. The van der Waals surface area contributed by atoms with Crippen LogP contribution in [0.15, 0.2) is 0 Å². The molecule has 78 valence electrons. The predicted octanol–water partition coefficient (Wildman–Crippen LogP) is 0.443. The van der Waals surface area contributed by atoms with Gasteiger partial charge in [-0.2, -0.15) is 0 Å². The SMILES string of the molecule is CCCCN1CCNCC(C)(O)C1. The summed E-state index contributed by atoms with van der Waals surface area (Å²) in [6, 6.07) is 0. The van der Waals surface area contributed by atoms with Gasteiger partial charge in [-0.3, -0.25) is 4.90 Å². The molecule has 0 aromatic heterocycles. The highest BCUT2D eigenvalue weighted by Gasteiger charge is 2.25. The molecule has 0 bridgehead atoms. The molecule has 1 rings (SSSR count). The van der Waals surface area contributed by atoms with E-state index in [0.29, 0.717) is 0 Å². The van der Waals surface area contributed by atoms with Gasteiger partial charge >= 0.3 is 0 Å². The summed E-state index contributed by atoms with van der Waals surface area (Å²) in [6.07, 6.45) is 2.46. The molecule has 3 heteroatoms. The van der Waals surface area contributed by atoms with Crippen LogP contribution in [0.4, 0.5) is 0 Å². The van der Waals surface area contributed by atoms with Crippen molar-refractivity contribution in [1.82, 2.24) is 10.2 Å². The van der Waals surface area contributed by atoms with E-state index in [2.05, 4.69) is 17.1 Å². The topological polar surface area (TPSA) is 35.5 Å². The van der Waals surface area contributed by atoms with E-state index in [0.717, 1.165) is 32.7 Å². The zero-order valence-electron chi connectivity index (χ0n) is 8.84. The quantitative estimate of drug-likeness (QED) is 0.671. The Hall–Kier alpha value is -0.120. The number of aliphatic hydroxyl groups is 1. The minimum absolute atomic E-state index is 0.551. The zero-order valence-corrected chi connectivity index (χ0v) is 8.84. The number of β-amino-alcohol motifs (C(OH)–C–C–N with tert-alkyl or cyclic N) is 1. The summed E-state index contributed by atoms with van der Waals surface area (Å²) in [5, 5.41) is 13.2. The molecular weight excluding hydrogens is 164 g/mol. The summed E-state index contributed by atoms with van der Waals surface area (Å²) < 4.78 is 0. The minimum Gasteiger partial charge on any atom is -0.388 e. The van der Waals surface area contributed by atoms with E-state index in [1.54, 1.807) is 0 Å². The van der Waals surface area contributed by atoms with Crippen LogP contribution in [0, 0.1) is 0 Å². The second kappa shape index (κ2) is 4.94. The number of hydrogen-bond donors (Lipinski definition) is 2. The highest BCUT2D eigenvalue weighted by Crippen LogP contribution is 2.08. The van der Waals surface area contributed by atoms with Gasteiger partial charge in [0.05, 0.1) is 5.60 Å². The molecule has 0 aromatic carbocycles. The third kappa shape index (κ3) is 4.07. The number of hydrogen-bond acceptors (Lipinski definition) is 3. The fourth-order valence-corrected chi connectivity index (χ4v) is 1.78. The van der Waals surface area contributed by atoms with Crippen molar-refractivity contribution in [1.29, 1.82) is 0 Å². The van der Waals surface area contributed by atoms with Gasteiger partial charge in [0, 0.05) is 26.2 Å². The molecule has 0 aliphatic carbocycles. The molecule has 2 N–H and O–H groups in total. The molecule has 0 amide bonds. The van der Waals surface area contributed by atoms with Crippen LogP contribution >= 0.6 is 0 Å². The van der Waals surface area contributed by atoms with Crippen LogP contribution in [-0.2, 0) is 0 Å². The number of rotatable bonds is 3. The molecule has 0 spiro atoms. The van der Waals surface area contributed by atoms with Crippen LogP contribution < -0.4 is 5.32 Å². The highest BCUT2D eigenvalue weighted by molar-refractivity contribution is 4.83. The first kappa shape index (κ1) is 11.0. The third-order valence-electron chi connectivity index (χ3n) is 2.50. The summed E-state index contributed by atoms with van der Waals surface area (Å²) in [6.45, 7) is 8.82. The normalized spacial score (nSPS) is 31.6. The molecule has 1 fully saturated rings. The Morgan fingerprint density at radius 3 is 3.00 bits per heavy atom. The first-order chi connectivity index (χ1) is 6.14. The maximum absolute atomic E-state index is 9.92. The van der Waals surface area contributed by atoms with Gasteiger partial charge in [0.2, 0.25) is 0 Å². The molecule has 1 aliphatic heterocycles. The van der Waals surface area contributed by atoms with Crippen LogP contribution in [0.1, 0.15) is 26.7 Å². The Balaban J connectivity index is 2.36. The Labute approximate surface area is 81.1 Å². The molecule has 1 heterocycles. The van der Waals surface area contributed by atoms with Gasteiger partial charge in [-0.1, -0.05) is 13.3 Å². The van der Waals surface area contributed by atoms with Crippen LogP contribution in [0.2, 0.25) is 0 Å². The molecule has 1 unspecified atom stereocenters. The fraction of sp³-hybridized carbons (Fsp3) is 1.00. The lowest BCUT2D eigenvalue weighted by Gasteiger charge is -2.27. The van der Waals surface area contributed by atoms with E-state index in [1.807, 2.05) is 6.92 Å². The summed E-state index contributed by atoms with van der Waals surface area (Å²) >= 11 is 0. The van der Waals surface area contributed by atoms with Crippen molar-refractivity contribution in [2.75, 3.05) is 32.7 Å². The molecule has 0 radical (unpaired) electrons. The standard InChI is InChI=1S/C10H22N2O/c1-3-4-6-12-7-5-11-8-10(2,13)9-12/h11,13H,3-9H2,1-2H3. The average Bonchev–Trinajstić information content (AvgIpc) is 2.22. The highest BCUT2D eigenvalue weighted by atomic mass is 16.3. The van der Waals surface area contributed by atoms with E-state index in [-0.39, 0.29) is 0 Å². The van der Waals surface area contributed by atoms with E-state index in [4.69, 9.17) is 0 Å². The zero-order chi connectivity index (χ0) is 9.73. The molecule has 0 saturated carbocycles. The van der Waals surface area contributed by atoms with Crippen LogP contribution in [0.25, 0.3) is 0 Å². The van der Waals surface area contributed by atoms with Crippen LogP contribution in [0.3, 0.4) is 0 Å². The molecule has 13 heavy (non-hydrogen) atoms. The Bertz CT molecular complexity index is 148. The molecule has 0 aromatic rings. The van der Waals surface area contributed by atoms with E-state index >= 15 is 0 Å². The lowest BCUT2D eigenvalue weighted by Crippen LogP contribution is -2.43. The lowest BCUT2D eigenvalue weighted by molar-refractivity contribution is 0.0339. The Morgan fingerprint density at radius 2 is 2.31 bits per heavy atom. The van der Waals surface area contributed by atoms with Gasteiger partial charge in [0.25, 0.3) is 0 Å². The Morgan fingerprint density at radius 1 is 1.54 bits per heavy atom. The maximum Gasteiger partial charge on any atom is 0.0869 e. The van der Waals surface area contributed by atoms with Crippen molar-refractivity contribution in [3.8, 4) is 0 Å². The van der Waals surface area contributed by atoms with Gasteiger partial charge in [0.1, 0.15) is 0 Å². The van der Waals surface area contributed by atoms with Crippen molar-refractivity contribution < 1.29 is 5.11 Å². The number of unbranched alkanes of at least 4 members (excludes halogenated alkanes) is 1.